The van der Waals surface area contributed by atoms with Gasteiger partial charge in [-0.3, -0.25) is 0 Å². The van der Waals surface area contributed by atoms with Crippen molar-refractivity contribution in [2.24, 2.45) is 4.90 Å². The predicted molar refractivity (Wildman–Crippen MR) is 79.2 cm³/mol. The van der Waals surface area contributed by atoms with Gasteiger partial charge in [0.25, 0.3) is 6.85 Å². The van der Waals surface area contributed by atoms with E-state index in [2.05, 4.69) is 51.1 Å². The van der Waals surface area contributed by atoms with Gasteiger partial charge in [0.15, 0.2) is 0 Å². The van der Waals surface area contributed by atoms with Gasteiger partial charge in [-0.15, -0.1) is 0 Å². The van der Waals surface area contributed by atoms with E-state index in [1.54, 1.807) is 0 Å². The molecular formula is C15H24BN. The first-order valence-electron chi connectivity index (χ1n) is 6.93. The monoisotopic (exact) mass is 229 g/mol. The topological polar surface area (TPSA) is 12.4 Å². The van der Waals surface area contributed by atoms with E-state index in [9.17, 15) is 0 Å². The normalized spacial score (nSPS) is 11.6. The maximum absolute atomic E-state index is 4.96. The molecule has 0 radical (unpaired) electrons. The van der Waals surface area contributed by atoms with E-state index in [-0.39, 0.29) is 0 Å². The fourth-order valence-electron chi connectivity index (χ4n) is 2.16. The van der Waals surface area contributed by atoms with Crippen molar-refractivity contribution >= 4 is 12.6 Å². The molecule has 0 aliphatic heterocycles. The van der Waals surface area contributed by atoms with Crippen molar-refractivity contribution < 1.29 is 0 Å². The summed E-state index contributed by atoms with van der Waals surface area (Å²) in [5.74, 6) is 0. The number of benzene rings is 1. The highest BCUT2D eigenvalue weighted by Crippen LogP contribution is 2.11. The molecule has 0 unspecified atom stereocenters. The van der Waals surface area contributed by atoms with Gasteiger partial charge in [-0.05, 0) is 12.0 Å². The van der Waals surface area contributed by atoms with E-state index in [1.165, 1.54) is 36.8 Å². The summed E-state index contributed by atoms with van der Waals surface area (Å²) < 4.78 is 0. The molecule has 0 aliphatic rings. The second-order valence-electron chi connectivity index (χ2n) is 4.53. The second-order valence-corrected chi connectivity index (χ2v) is 4.53. The van der Waals surface area contributed by atoms with Gasteiger partial charge in [0.2, 0.25) is 0 Å². The van der Waals surface area contributed by atoms with E-state index in [0.29, 0.717) is 6.85 Å². The van der Waals surface area contributed by atoms with Gasteiger partial charge in [0.05, 0.1) is 0 Å². The zero-order valence-electron chi connectivity index (χ0n) is 11.4. The van der Waals surface area contributed by atoms with Gasteiger partial charge in [-0.25, -0.2) is 0 Å². The van der Waals surface area contributed by atoms with Crippen molar-refractivity contribution in [1.29, 1.82) is 0 Å². The minimum atomic E-state index is 0.514. The molecule has 1 aromatic rings. The van der Waals surface area contributed by atoms with Crippen LogP contribution >= 0.6 is 0 Å². The summed E-state index contributed by atoms with van der Waals surface area (Å²) in [6.45, 7) is 7.19. The van der Waals surface area contributed by atoms with Crippen LogP contribution < -0.4 is 0 Å². The van der Waals surface area contributed by atoms with E-state index in [0.717, 1.165) is 6.42 Å². The van der Waals surface area contributed by atoms with Crippen LogP contribution in [0.5, 0.6) is 0 Å². The van der Waals surface area contributed by atoms with Crippen LogP contribution in [0.25, 0.3) is 0 Å². The van der Waals surface area contributed by atoms with Gasteiger partial charge < -0.3 is 4.90 Å². The lowest BCUT2D eigenvalue weighted by molar-refractivity contribution is 0.998. The molecule has 0 N–H and O–H groups in total. The Morgan fingerprint density at radius 3 is 2.06 bits per heavy atom. The van der Waals surface area contributed by atoms with Crippen LogP contribution in [0.2, 0.25) is 12.6 Å². The van der Waals surface area contributed by atoms with Crippen LogP contribution in [0.3, 0.4) is 0 Å². The molecule has 0 bridgehead atoms. The number of rotatable bonds is 7. The Morgan fingerprint density at radius 2 is 1.59 bits per heavy atom. The molecule has 0 spiro atoms. The molecule has 1 rings (SSSR count). The Morgan fingerprint density at radius 1 is 1.00 bits per heavy atom. The molecule has 0 saturated heterocycles. The van der Waals surface area contributed by atoms with Crippen molar-refractivity contribution in [2.75, 3.05) is 0 Å². The van der Waals surface area contributed by atoms with Crippen LogP contribution in [0, 0.1) is 0 Å². The van der Waals surface area contributed by atoms with Crippen molar-refractivity contribution in [3.8, 4) is 0 Å². The molecule has 0 saturated carbocycles. The third kappa shape index (κ3) is 4.76. The highest BCUT2D eigenvalue weighted by molar-refractivity contribution is 6.58. The lowest BCUT2D eigenvalue weighted by atomic mass is 9.55. The van der Waals surface area contributed by atoms with Crippen LogP contribution in [0.15, 0.2) is 35.2 Å². The summed E-state index contributed by atoms with van der Waals surface area (Å²) in [6.07, 6.45) is 5.89. The average Bonchev–Trinajstić information content (AvgIpc) is 2.37. The quantitative estimate of drug-likeness (QED) is 0.474. The molecule has 92 valence electrons. The third-order valence-electron chi connectivity index (χ3n) is 3.02. The maximum Gasteiger partial charge on any atom is 0.279 e. The van der Waals surface area contributed by atoms with E-state index in [1.807, 2.05) is 0 Å². The number of hydrogen-bond acceptors (Lipinski definition) is 1. The first-order chi connectivity index (χ1) is 8.31. The summed E-state index contributed by atoms with van der Waals surface area (Å²) in [5, 5.41) is 0. The molecule has 1 nitrogen and oxygen atoms in total. The van der Waals surface area contributed by atoms with Crippen LogP contribution in [-0.2, 0) is 0 Å². The minimum absolute atomic E-state index is 0.514. The van der Waals surface area contributed by atoms with Gasteiger partial charge in [-0.1, -0.05) is 76.6 Å². The van der Waals surface area contributed by atoms with Crippen molar-refractivity contribution in [1.82, 2.24) is 0 Å². The summed E-state index contributed by atoms with van der Waals surface area (Å²) >= 11 is 0. The standard InChI is InChI=1S/C15H24BN/c1-4-12-16(13-5-2)17-15(6-3)14-10-8-7-9-11-14/h7-11H,4-6,12-13H2,1-3H3/b17-15-. The third-order valence-corrected chi connectivity index (χ3v) is 3.02. The molecular weight excluding hydrogens is 205 g/mol. The van der Waals surface area contributed by atoms with E-state index in [4.69, 9.17) is 4.90 Å². The van der Waals surface area contributed by atoms with Crippen LogP contribution in [-0.4, -0.2) is 12.6 Å². The Bertz CT molecular complexity index is 326. The van der Waals surface area contributed by atoms with E-state index >= 15 is 0 Å². The predicted octanol–water partition coefficient (Wildman–Crippen LogP) is 4.70. The van der Waals surface area contributed by atoms with Crippen molar-refractivity contribution in [3.05, 3.63) is 35.9 Å². The van der Waals surface area contributed by atoms with Gasteiger partial charge in [0.1, 0.15) is 0 Å². The Hall–Kier alpha value is -1.05. The van der Waals surface area contributed by atoms with Gasteiger partial charge >= 0.3 is 0 Å². The molecule has 1 aromatic carbocycles. The summed E-state index contributed by atoms with van der Waals surface area (Å²) in [6, 6.07) is 10.6. The molecule has 0 aliphatic carbocycles. The van der Waals surface area contributed by atoms with Gasteiger partial charge in [-0.2, -0.15) is 0 Å². The second kappa shape index (κ2) is 8.11. The largest absolute Gasteiger partial charge is 0.345 e. The fraction of sp³-hybridized carbons (Fsp3) is 0.533. The smallest absolute Gasteiger partial charge is 0.279 e. The lowest BCUT2D eigenvalue weighted by Gasteiger charge is -2.10. The lowest BCUT2D eigenvalue weighted by Crippen LogP contribution is -2.13. The molecule has 0 aromatic heterocycles. The van der Waals surface area contributed by atoms with Crippen molar-refractivity contribution in [3.63, 3.8) is 0 Å². The Kier molecular flexibility index (Phi) is 6.68. The number of hydrogen-bond donors (Lipinski definition) is 0. The highest BCUT2D eigenvalue weighted by atomic mass is 14.6. The Labute approximate surface area is 106 Å². The zero-order chi connectivity index (χ0) is 12.5. The average molecular weight is 229 g/mol. The Balaban J connectivity index is 2.83. The first-order valence-corrected chi connectivity index (χ1v) is 6.93. The summed E-state index contributed by atoms with van der Waals surface area (Å²) in [5.41, 5.74) is 2.55. The molecule has 0 atom stereocenters. The highest BCUT2D eigenvalue weighted by Gasteiger charge is 2.12. The van der Waals surface area contributed by atoms with Gasteiger partial charge in [0, 0.05) is 5.71 Å². The summed E-state index contributed by atoms with van der Waals surface area (Å²) in [7, 11) is 0. The minimum Gasteiger partial charge on any atom is -0.345 e. The van der Waals surface area contributed by atoms with E-state index < -0.39 is 0 Å². The first kappa shape index (κ1) is 14.0. The van der Waals surface area contributed by atoms with Crippen LogP contribution in [0.4, 0.5) is 0 Å². The zero-order valence-corrected chi connectivity index (χ0v) is 11.4. The van der Waals surface area contributed by atoms with Crippen LogP contribution in [0.1, 0.15) is 45.6 Å². The maximum atomic E-state index is 4.96. The molecule has 2 heteroatoms. The van der Waals surface area contributed by atoms with Crippen molar-refractivity contribution in [2.45, 2.75) is 52.7 Å². The number of nitrogens with zero attached hydrogens (tertiary/aromatic N) is 1. The summed E-state index contributed by atoms with van der Waals surface area (Å²) in [4.78, 5) is 4.96. The molecule has 0 amide bonds. The molecule has 0 heterocycles. The molecule has 0 fully saturated rings. The molecule has 17 heavy (non-hydrogen) atoms. The SMILES string of the molecule is CCCB(CCC)/N=C(/CC)c1ccccc1. The fourth-order valence-corrected chi connectivity index (χ4v) is 2.16.